The number of thiazole rings is 1. The molecule has 0 saturated carbocycles. The highest BCUT2D eigenvalue weighted by atomic mass is 32.1. The Morgan fingerprint density at radius 1 is 1.20 bits per heavy atom. The Bertz CT molecular complexity index is 1110. The Morgan fingerprint density at radius 2 is 1.97 bits per heavy atom. The van der Waals surface area contributed by atoms with E-state index in [1.54, 1.807) is 18.2 Å². The topological polar surface area (TPSA) is 98.9 Å². The first kappa shape index (κ1) is 25.0. The number of rotatable bonds is 11. The minimum atomic E-state index is -0.493. The van der Waals surface area contributed by atoms with E-state index in [1.165, 1.54) is 11.3 Å². The zero-order valence-corrected chi connectivity index (χ0v) is 21.0. The molecule has 1 saturated heterocycles. The highest BCUT2D eigenvalue weighted by Crippen LogP contribution is 2.33. The number of nitrogens with two attached hydrogens (primary N) is 1. The van der Waals surface area contributed by atoms with Gasteiger partial charge in [-0.05, 0) is 62.7 Å². The van der Waals surface area contributed by atoms with Gasteiger partial charge in [-0.2, -0.15) is 0 Å². The van der Waals surface area contributed by atoms with Gasteiger partial charge in [-0.15, -0.1) is 11.3 Å². The molecule has 1 aliphatic rings. The summed E-state index contributed by atoms with van der Waals surface area (Å²) < 4.78 is 17.2. The molecule has 0 atom stereocenters. The molecule has 8 nitrogen and oxygen atoms in total. The number of anilines is 2. The maximum atomic E-state index is 11.6. The monoisotopic (exact) mass is 496 g/mol. The number of hydrogen-bond donors (Lipinski definition) is 2. The van der Waals surface area contributed by atoms with E-state index in [0.717, 1.165) is 56.3 Å². The average molecular weight is 497 g/mol. The van der Waals surface area contributed by atoms with E-state index in [1.807, 2.05) is 43.5 Å². The minimum Gasteiger partial charge on any atom is -0.494 e. The summed E-state index contributed by atoms with van der Waals surface area (Å²) in [6, 6.07) is 13.1. The van der Waals surface area contributed by atoms with Crippen molar-refractivity contribution in [2.45, 2.75) is 26.4 Å². The van der Waals surface area contributed by atoms with E-state index >= 15 is 0 Å². The van der Waals surface area contributed by atoms with Gasteiger partial charge in [0.15, 0.2) is 5.13 Å². The van der Waals surface area contributed by atoms with E-state index in [-0.39, 0.29) is 6.10 Å². The molecule has 1 fully saturated rings. The number of primary amides is 1. The van der Waals surface area contributed by atoms with Crippen molar-refractivity contribution in [3.8, 4) is 22.8 Å². The van der Waals surface area contributed by atoms with E-state index in [2.05, 4.69) is 10.2 Å². The second kappa shape index (κ2) is 12.0. The quantitative estimate of drug-likeness (QED) is 0.376. The van der Waals surface area contributed by atoms with Crippen LogP contribution in [0.2, 0.25) is 0 Å². The Morgan fingerprint density at radius 3 is 2.69 bits per heavy atom. The third-order valence-corrected chi connectivity index (χ3v) is 6.27. The zero-order chi connectivity index (χ0) is 24.6. The minimum absolute atomic E-state index is 0.0121. The summed E-state index contributed by atoms with van der Waals surface area (Å²) >= 11 is 1.48. The molecular formula is C26H32N4O4S. The van der Waals surface area contributed by atoms with Gasteiger partial charge in [0.25, 0.3) is 0 Å². The van der Waals surface area contributed by atoms with Crippen LogP contribution in [0.3, 0.4) is 0 Å². The van der Waals surface area contributed by atoms with Crippen molar-refractivity contribution in [1.29, 1.82) is 0 Å². The molecule has 3 aromatic rings. The summed E-state index contributed by atoms with van der Waals surface area (Å²) in [6.45, 7) is 9.26. The summed E-state index contributed by atoms with van der Waals surface area (Å²) in [4.78, 5) is 18.8. The maximum absolute atomic E-state index is 11.6. The third kappa shape index (κ3) is 7.17. The second-order valence-corrected chi connectivity index (χ2v) is 9.44. The maximum Gasteiger partial charge on any atom is 0.248 e. The number of amides is 1. The van der Waals surface area contributed by atoms with Crippen molar-refractivity contribution >= 4 is 28.1 Å². The second-order valence-electron chi connectivity index (χ2n) is 8.59. The standard InChI is InChI=1S/C26H32N4O4S/c1-18(2)34-24-9-6-20(25(27)31)16-22(24)28-26-29-23(17-35-26)19-4-7-21(8-5-19)33-13-3-10-30-11-14-32-15-12-30/h4-9,16-18H,3,10-15H2,1-2H3,(H2,27,31)(H,28,29). The number of carbonyl (C=O) groups is 1. The van der Waals surface area contributed by atoms with E-state index in [9.17, 15) is 4.79 Å². The smallest absolute Gasteiger partial charge is 0.248 e. The molecule has 2 heterocycles. The van der Waals surface area contributed by atoms with Crippen LogP contribution in [0.5, 0.6) is 11.5 Å². The van der Waals surface area contributed by atoms with Gasteiger partial charge < -0.3 is 25.3 Å². The molecule has 1 amide bonds. The van der Waals surface area contributed by atoms with Gasteiger partial charge in [-0.1, -0.05) is 0 Å². The lowest BCUT2D eigenvalue weighted by atomic mass is 10.1. The SMILES string of the molecule is CC(C)Oc1ccc(C(N)=O)cc1Nc1nc(-c2ccc(OCCCN3CCOCC3)cc2)cs1. The fraction of sp³-hybridized carbons (Fsp3) is 0.385. The molecule has 186 valence electrons. The predicted octanol–water partition coefficient (Wildman–Crippen LogP) is 4.54. The highest BCUT2D eigenvalue weighted by molar-refractivity contribution is 7.14. The van der Waals surface area contributed by atoms with Crippen LogP contribution in [0.4, 0.5) is 10.8 Å². The van der Waals surface area contributed by atoms with Crippen molar-refractivity contribution in [3.05, 3.63) is 53.4 Å². The molecule has 1 aromatic heterocycles. The zero-order valence-electron chi connectivity index (χ0n) is 20.2. The first-order valence-electron chi connectivity index (χ1n) is 11.8. The lowest BCUT2D eigenvalue weighted by molar-refractivity contribution is 0.0358. The summed E-state index contributed by atoms with van der Waals surface area (Å²) in [5, 5.41) is 5.95. The van der Waals surface area contributed by atoms with Crippen LogP contribution in [0.15, 0.2) is 47.8 Å². The Kier molecular flexibility index (Phi) is 8.57. The van der Waals surface area contributed by atoms with Crippen LogP contribution in [-0.2, 0) is 4.74 Å². The normalized spacial score (nSPS) is 14.1. The molecule has 35 heavy (non-hydrogen) atoms. The Labute approximate surface area is 210 Å². The number of nitrogens with zero attached hydrogens (tertiary/aromatic N) is 2. The van der Waals surface area contributed by atoms with Crippen molar-refractivity contribution < 1.29 is 19.0 Å². The summed E-state index contributed by atoms with van der Waals surface area (Å²) in [7, 11) is 0. The van der Waals surface area contributed by atoms with Gasteiger partial charge in [-0.25, -0.2) is 4.98 Å². The van der Waals surface area contributed by atoms with Crippen molar-refractivity contribution in [3.63, 3.8) is 0 Å². The van der Waals surface area contributed by atoms with E-state index < -0.39 is 5.91 Å². The molecule has 0 aliphatic carbocycles. The molecule has 3 N–H and O–H groups in total. The summed E-state index contributed by atoms with van der Waals surface area (Å²) in [6.07, 6.45) is 0.976. The fourth-order valence-electron chi connectivity index (χ4n) is 3.74. The third-order valence-electron chi connectivity index (χ3n) is 5.51. The van der Waals surface area contributed by atoms with Gasteiger partial charge in [0, 0.05) is 36.1 Å². The molecule has 1 aliphatic heterocycles. The molecule has 0 unspecified atom stereocenters. The van der Waals surface area contributed by atoms with Crippen molar-refractivity contribution in [2.24, 2.45) is 5.73 Å². The number of carbonyl (C=O) groups excluding carboxylic acids is 1. The number of aromatic nitrogens is 1. The number of morpholine rings is 1. The van der Waals surface area contributed by atoms with Crippen LogP contribution < -0.4 is 20.5 Å². The Hall–Kier alpha value is -3.14. The van der Waals surface area contributed by atoms with Gasteiger partial charge in [0.1, 0.15) is 11.5 Å². The highest BCUT2D eigenvalue weighted by Gasteiger charge is 2.13. The molecule has 2 aromatic carbocycles. The van der Waals surface area contributed by atoms with Crippen LogP contribution >= 0.6 is 11.3 Å². The van der Waals surface area contributed by atoms with Crippen LogP contribution in [0, 0.1) is 0 Å². The van der Waals surface area contributed by atoms with Gasteiger partial charge in [0.05, 0.1) is 37.3 Å². The van der Waals surface area contributed by atoms with E-state index in [4.69, 9.17) is 24.9 Å². The number of hydrogen-bond acceptors (Lipinski definition) is 8. The summed E-state index contributed by atoms with van der Waals surface area (Å²) in [5.74, 6) is 0.993. The number of nitrogens with one attached hydrogen (secondary N) is 1. The van der Waals surface area contributed by atoms with Crippen molar-refractivity contribution in [1.82, 2.24) is 9.88 Å². The lowest BCUT2D eigenvalue weighted by Crippen LogP contribution is -2.37. The fourth-order valence-corrected chi connectivity index (χ4v) is 4.47. The van der Waals surface area contributed by atoms with Crippen LogP contribution in [-0.4, -0.2) is 61.3 Å². The first-order valence-corrected chi connectivity index (χ1v) is 12.7. The largest absolute Gasteiger partial charge is 0.494 e. The average Bonchev–Trinajstić information content (AvgIpc) is 3.32. The first-order chi connectivity index (χ1) is 17.0. The molecule has 9 heteroatoms. The lowest BCUT2D eigenvalue weighted by Gasteiger charge is -2.26. The molecule has 0 radical (unpaired) electrons. The van der Waals surface area contributed by atoms with Gasteiger partial charge in [0.2, 0.25) is 5.91 Å². The Balaban J connectivity index is 1.35. The summed E-state index contributed by atoms with van der Waals surface area (Å²) in [5.41, 5.74) is 8.36. The van der Waals surface area contributed by atoms with Crippen LogP contribution in [0.25, 0.3) is 11.3 Å². The van der Waals surface area contributed by atoms with Crippen LogP contribution in [0.1, 0.15) is 30.6 Å². The molecule has 0 bridgehead atoms. The van der Waals surface area contributed by atoms with Gasteiger partial charge in [-0.3, -0.25) is 9.69 Å². The molecular weight excluding hydrogens is 464 g/mol. The van der Waals surface area contributed by atoms with Gasteiger partial charge >= 0.3 is 0 Å². The number of ether oxygens (including phenoxy) is 3. The molecule has 0 spiro atoms. The van der Waals surface area contributed by atoms with E-state index in [0.29, 0.717) is 28.7 Å². The van der Waals surface area contributed by atoms with Crippen molar-refractivity contribution in [2.75, 3.05) is 44.8 Å². The molecule has 4 rings (SSSR count). The number of benzene rings is 2. The predicted molar refractivity (Wildman–Crippen MR) is 139 cm³/mol.